The lowest BCUT2D eigenvalue weighted by atomic mass is 9.90. The fourth-order valence-corrected chi connectivity index (χ4v) is 3.78. The zero-order valence-electron chi connectivity index (χ0n) is 16.2. The smallest absolute Gasteiger partial charge is 0.289 e. The first-order chi connectivity index (χ1) is 12.5. The minimum atomic E-state index is 0.0376. The van der Waals surface area contributed by atoms with Gasteiger partial charge in [0.1, 0.15) is 5.76 Å². The van der Waals surface area contributed by atoms with Gasteiger partial charge in [-0.3, -0.25) is 4.79 Å². The Labute approximate surface area is 156 Å². The Balaban J connectivity index is 1.56. The number of carbonyl (C=O) groups excluding carboxylic acids is 1. The number of benzene rings is 1. The molecule has 0 aliphatic carbocycles. The highest BCUT2D eigenvalue weighted by molar-refractivity contribution is 5.91. The van der Waals surface area contributed by atoms with Crippen LogP contribution in [-0.2, 0) is 13.0 Å². The first kappa shape index (κ1) is 18.7. The van der Waals surface area contributed by atoms with E-state index in [0.29, 0.717) is 18.2 Å². The van der Waals surface area contributed by atoms with Gasteiger partial charge in [0.25, 0.3) is 5.91 Å². The summed E-state index contributed by atoms with van der Waals surface area (Å²) in [6, 6.07) is 12.3. The summed E-state index contributed by atoms with van der Waals surface area (Å²) in [7, 11) is 3.99. The van der Waals surface area contributed by atoms with Crippen molar-refractivity contribution in [2.24, 2.45) is 5.92 Å². The van der Waals surface area contributed by atoms with Gasteiger partial charge in [-0.2, -0.15) is 0 Å². The third-order valence-electron chi connectivity index (χ3n) is 5.23. The van der Waals surface area contributed by atoms with Crippen LogP contribution in [0.2, 0.25) is 0 Å². The largest absolute Gasteiger partial charge is 0.455 e. The molecule has 1 aromatic carbocycles. The molecule has 1 aliphatic heterocycles. The third-order valence-corrected chi connectivity index (χ3v) is 5.23. The first-order valence-electron chi connectivity index (χ1n) is 9.60. The van der Waals surface area contributed by atoms with Crippen molar-refractivity contribution >= 4 is 5.91 Å². The van der Waals surface area contributed by atoms with Gasteiger partial charge in [0.05, 0.1) is 6.54 Å². The number of rotatable bonds is 6. The maximum atomic E-state index is 12.8. The molecule has 1 fully saturated rings. The van der Waals surface area contributed by atoms with Crippen molar-refractivity contribution in [1.29, 1.82) is 0 Å². The number of furan rings is 1. The van der Waals surface area contributed by atoms with Crippen LogP contribution in [-0.4, -0.2) is 42.9 Å². The number of amides is 1. The molecule has 1 aliphatic rings. The van der Waals surface area contributed by atoms with Crippen LogP contribution in [0.4, 0.5) is 0 Å². The van der Waals surface area contributed by atoms with Crippen LogP contribution in [0, 0.1) is 12.8 Å². The Bertz CT molecular complexity index is 735. The van der Waals surface area contributed by atoms with Gasteiger partial charge in [-0.05, 0) is 75.9 Å². The van der Waals surface area contributed by atoms with Crippen molar-refractivity contribution < 1.29 is 9.21 Å². The number of nitrogens with zero attached hydrogens (tertiary/aromatic N) is 2. The molecule has 140 valence electrons. The molecule has 0 radical (unpaired) electrons. The summed E-state index contributed by atoms with van der Waals surface area (Å²) in [5.41, 5.74) is 2.79. The molecule has 26 heavy (non-hydrogen) atoms. The number of aryl methyl sites for hydroxylation is 2. The Kier molecular flexibility index (Phi) is 6.15. The van der Waals surface area contributed by atoms with Crippen molar-refractivity contribution in [2.75, 3.05) is 27.2 Å². The minimum absolute atomic E-state index is 0.0376. The van der Waals surface area contributed by atoms with E-state index < -0.39 is 0 Å². The van der Waals surface area contributed by atoms with Crippen molar-refractivity contribution in [3.8, 4) is 0 Å². The van der Waals surface area contributed by atoms with Crippen LogP contribution in [0.15, 0.2) is 40.8 Å². The number of hydrogen-bond acceptors (Lipinski definition) is 3. The molecule has 1 saturated heterocycles. The molecule has 4 heteroatoms. The first-order valence-corrected chi connectivity index (χ1v) is 9.60. The van der Waals surface area contributed by atoms with Gasteiger partial charge in [-0.15, -0.1) is 0 Å². The number of likely N-dealkylation sites (tertiary alicyclic amines) is 1. The van der Waals surface area contributed by atoms with E-state index >= 15 is 0 Å². The second-order valence-electron chi connectivity index (χ2n) is 7.73. The quantitative estimate of drug-likeness (QED) is 0.782. The summed E-state index contributed by atoms with van der Waals surface area (Å²) in [5.74, 6) is 1.92. The molecule has 1 atom stereocenters. The van der Waals surface area contributed by atoms with Gasteiger partial charge < -0.3 is 14.2 Å². The van der Waals surface area contributed by atoms with Crippen molar-refractivity contribution in [1.82, 2.24) is 9.80 Å². The van der Waals surface area contributed by atoms with Gasteiger partial charge in [-0.1, -0.05) is 24.3 Å². The molecule has 1 aromatic heterocycles. The van der Waals surface area contributed by atoms with Crippen LogP contribution < -0.4 is 0 Å². The SMILES string of the molecule is Cc1ccccc1CC[C@H]1CCCN(C(=O)c2ccc(CN(C)C)o2)C1. The summed E-state index contributed by atoms with van der Waals surface area (Å²) >= 11 is 0. The lowest BCUT2D eigenvalue weighted by molar-refractivity contribution is 0.0633. The third kappa shape index (κ3) is 4.76. The molecular weight excluding hydrogens is 324 g/mol. The van der Waals surface area contributed by atoms with Crippen LogP contribution >= 0.6 is 0 Å². The Morgan fingerprint density at radius 2 is 2.04 bits per heavy atom. The average Bonchev–Trinajstić information content (AvgIpc) is 3.08. The predicted octanol–water partition coefficient (Wildman–Crippen LogP) is 4.13. The van der Waals surface area contributed by atoms with E-state index in [4.69, 9.17) is 4.42 Å². The van der Waals surface area contributed by atoms with Crippen molar-refractivity contribution in [3.05, 3.63) is 59.0 Å². The molecule has 4 nitrogen and oxygen atoms in total. The highest BCUT2D eigenvalue weighted by Gasteiger charge is 2.26. The summed E-state index contributed by atoms with van der Waals surface area (Å²) in [6.45, 7) is 4.57. The van der Waals surface area contributed by atoms with E-state index in [9.17, 15) is 4.79 Å². The van der Waals surface area contributed by atoms with E-state index in [1.807, 2.05) is 36.0 Å². The highest BCUT2D eigenvalue weighted by Crippen LogP contribution is 2.24. The van der Waals surface area contributed by atoms with Crippen LogP contribution in [0.5, 0.6) is 0 Å². The molecule has 0 N–H and O–H groups in total. The number of hydrogen-bond donors (Lipinski definition) is 0. The lowest BCUT2D eigenvalue weighted by Gasteiger charge is -2.32. The van der Waals surface area contributed by atoms with E-state index in [-0.39, 0.29) is 5.91 Å². The maximum absolute atomic E-state index is 12.8. The molecule has 0 unspecified atom stereocenters. The summed E-state index contributed by atoms with van der Waals surface area (Å²) in [5, 5.41) is 0. The zero-order chi connectivity index (χ0) is 18.5. The van der Waals surface area contributed by atoms with E-state index in [1.54, 1.807) is 0 Å². The molecule has 2 heterocycles. The molecule has 0 spiro atoms. The Hall–Kier alpha value is -2.07. The Morgan fingerprint density at radius 1 is 1.23 bits per heavy atom. The topological polar surface area (TPSA) is 36.7 Å². The second-order valence-corrected chi connectivity index (χ2v) is 7.73. The molecular formula is C22H30N2O2. The van der Waals surface area contributed by atoms with Crippen molar-refractivity contribution in [2.45, 2.75) is 39.2 Å². The van der Waals surface area contributed by atoms with E-state index in [0.717, 1.165) is 38.1 Å². The molecule has 1 amide bonds. The fraction of sp³-hybridized carbons (Fsp3) is 0.500. The minimum Gasteiger partial charge on any atom is -0.455 e. The average molecular weight is 354 g/mol. The molecule has 0 saturated carbocycles. The van der Waals surface area contributed by atoms with Crippen molar-refractivity contribution in [3.63, 3.8) is 0 Å². The predicted molar refractivity (Wildman–Crippen MR) is 104 cm³/mol. The van der Waals surface area contributed by atoms with Crippen LogP contribution in [0.3, 0.4) is 0 Å². The van der Waals surface area contributed by atoms with Gasteiger partial charge in [0, 0.05) is 13.1 Å². The monoisotopic (exact) mass is 354 g/mol. The summed E-state index contributed by atoms with van der Waals surface area (Å²) in [6.07, 6.45) is 4.51. The molecule has 3 rings (SSSR count). The van der Waals surface area contributed by atoms with Crippen LogP contribution in [0.1, 0.15) is 46.7 Å². The van der Waals surface area contributed by atoms with Gasteiger partial charge in [0.2, 0.25) is 0 Å². The summed E-state index contributed by atoms with van der Waals surface area (Å²) in [4.78, 5) is 16.8. The molecule has 2 aromatic rings. The van der Waals surface area contributed by atoms with Gasteiger partial charge in [-0.25, -0.2) is 0 Å². The second kappa shape index (κ2) is 8.54. The van der Waals surface area contributed by atoms with Gasteiger partial charge in [0.15, 0.2) is 5.76 Å². The number of piperidine rings is 1. The van der Waals surface area contributed by atoms with Gasteiger partial charge >= 0.3 is 0 Å². The fourth-order valence-electron chi connectivity index (χ4n) is 3.78. The maximum Gasteiger partial charge on any atom is 0.289 e. The van der Waals surface area contributed by atoms with E-state index in [1.165, 1.54) is 17.5 Å². The van der Waals surface area contributed by atoms with Crippen LogP contribution in [0.25, 0.3) is 0 Å². The highest BCUT2D eigenvalue weighted by atomic mass is 16.4. The standard InChI is InChI=1S/C22H30N2O2/c1-17-7-4-5-9-19(17)11-10-18-8-6-14-24(15-18)22(25)21-13-12-20(26-21)16-23(2)3/h4-5,7,9,12-13,18H,6,8,10-11,14-16H2,1-3H3/t18-/m1/s1. The molecule has 0 bridgehead atoms. The normalized spacial score (nSPS) is 17.7. The zero-order valence-corrected chi connectivity index (χ0v) is 16.2. The summed E-state index contributed by atoms with van der Waals surface area (Å²) < 4.78 is 5.76. The Morgan fingerprint density at radius 3 is 2.81 bits per heavy atom. The lowest BCUT2D eigenvalue weighted by Crippen LogP contribution is -2.39. The number of carbonyl (C=O) groups is 1. The van der Waals surface area contributed by atoms with E-state index in [2.05, 4.69) is 31.2 Å².